The molecule has 1 aliphatic carbocycles. The average Bonchev–Trinajstić information content (AvgIpc) is 3.42. The number of aromatic nitrogens is 2. The summed E-state index contributed by atoms with van der Waals surface area (Å²) in [7, 11) is 3.28. The number of aryl methyl sites for hydroxylation is 1. The molecule has 7 heteroatoms. The van der Waals surface area contributed by atoms with Crippen LogP contribution in [0.25, 0.3) is 22.0 Å². The number of nitrogens with one attached hydrogen (secondary N) is 2. The van der Waals surface area contributed by atoms with Gasteiger partial charge in [-0.15, -0.1) is 0 Å². The van der Waals surface area contributed by atoms with Gasteiger partial charge < -0.3 is 19.8 Å². The molecule has 2 aromatic carbocycles. The summed E-state index contributed by atoms with van der Waals surface area (Å²) < 4.78 is 24.0. The maximum atomic E-state index is 13.5. The number of amides is 1. The molecule has 5 rings (SSSR count). The summed E-state index contributed by atoms with van der Waals surface area (Å²) in [5, 5.41) is 3.71. The molecule has 0 aliphatic heterocycles. The van der Waals surface area contributed by atoms with Crippen LogP contribution in [-0.4, -0.2) is 37.1 Å². The minimum atomic E-state index is -0.208. The molecule has 0 atom stereocenters. The smallest absolute Gasteiger partial charge is 0.207 e. The van der Waals surface area contributed by atoms with E-state index in [9.17, 15) is 9.18 Å². The lowest BCUT2D eigenvalue weighted by molar-refractivity contribution is -0.109. The highest BCUT2D eigenvalue weighted by Gasteiger charge is 2.23. The molecule has 2 aromatic heterocycles. The first kappa shape index (κ1) is 29.7. The summed E-state index contributed by atoms with van der Waals surface area (Å²) >= 11 is 0. The lowest BCUT2D eigenvalue weighted by atomic mass is 9.78. The molecule has 0 bridgehead atoms. The topological polar surface area (TPSA) is 76.2 Å². The van der Waals surface area contributed by atoms with Crippen LogP contribution >= 0.6 is 0 Å². The van der Waals surface area contributed by atoms with E-state index in [4.69, 9.17) is 9.47 Å². The Bertz CT molecular complexity index is 1330. The fourth-order valence-corrected chi connectivity index (χ4v) is 5.14. The van der Waals surface area contributed by atoms with Crippen molar-refractivity contribution in [3.8, 4) is 22.6 Å². The van der Waals surface area contributed by atoms with Crippen molar-refractivity contribution in [3.63, 3.8) is 0 Å². The molecule has 1 amide bonds. The number of carbonyl (C=O) groups is 1. The van der Waals surface area contributed by atoms with Crippen LogP contribution in [-0.2, 0) is 4.79 Å². The number of rotatable bonds is 7. The SMILES string of the molecule is CC.COc1ccc(-c2c[nH]cc2C)cc1OC.O=CNCC1CCC(c2ccnc3ccc(F)cc23)CC1. The Kier molecular flexibility index (Phi) is 11.3. The quantitative estimate of drug-likeness (QED) is 0.242. The van der Waals surface area contributed by atoms with E-state index in [2.05, 4.69) is 22.2 Å². The van der Waals surface area contributed by atoms with Crippen LogP contribution in [0, 0.1) is 18.7 Å². The lowest BCUT2D eigenvalue weighted by Gasteiger charge is -2.29. The summed E-state index contributed by atoms with van der Waals surface area (Å²) in [4.78, 5) is 17.8. The Morgan fingerprint density at radius 3 is 2.38 bits per heavy atom. The summed E-state index contributed by atoms with van der Waals surface area (Å²) in [6, 6.07) is 12.7. The van der Waals surface area contributed by atoms with E-state index in [0.717, 1.165) is 66.6 Å². The largest absolute Gasteiger partial charge is 0.493 e. The Labute approximate surface area is 231 Å². The Hall–Kier alpha value is -3.87. The van der Waals surface area contributed by atoms with Gasteiger partial charge in [-0.25, -0.2) is 4.39 Å². The van der Waals surface area contributed by atoms with Gasteiger partial charge in [-0.2, -0.15) is 0 Å². The summed E-state index contributed by atoms with van der Waals surface area (Å²) in [6.45, 7) is 6.84. The first-order chi connectivity index (χ1) is 19.0. The molecule has 208 valence electrons. The molecule has 0 unspecified atom stereocenters. The van der Waals surface area contributed by atoms with Gasteiger partial charge in [0.15, 0.2) is 11.5 Å². The normalized spacial score (nSPS) is 16.3. The predicted molar refractivity (Wildman–Crippen MR) is 156 cm³/mol. The molecule has 1 fully saturated rings. The van der Waals surface area contributed by atoms with E-state index in [0.29, 0.717) is 11.8 Å². The van der Waals surface area contributed by atoms with Crippen molar-refractivity contribution >= 4 is 17.3 Å². The number of ether oxygens (including phenoxy) is 2. The number of H-pyrrole nitrogens is 1. The van der Waals surface area contributed by atoms with Crippen molar-refractivity contribution in [2.24, 2.45) is 5.92 Å². The molecule has 2 N–H and O–H groups in total. The van der Waals surface area contributed by atoms with E-state index in [1.165, 1.54) is 22.8 Å². The molecule has 2 heterocycles. The second-order valence-corrected chi connectivity index (χ2v) is 9.43. The van der Waals surface area contributed by atoms with Gasteiger partial charge in [-0.1, -0.05) is 19.9 Å². The monoisotopic (exact) mass is 533 g/mol. The average molecular weight is 534 g/mol. The second-order valence-electron chi connectivity index (χ2n) is 9.43. The Morgan fingerprint density at radius 2 is 1.74 bits per heavy atom. The molecule has 0 spiro atoms. The lowest BCUT2D eigenvalue weighted by Crippen LogP contribution is -2.25. The minimum Gasteiger partial charge on any atom is -0.493 e. The van der Waals surface area contributed by atoms with Gasteiger partial charge in [0.2, 0.25) is 6.41 Å². The van der Waals surface area contributed by atoms with Crippen molar-refractivity contribution in [1.29, 1.82) is 0 Å². The first-order valence-corrected chi connectivity index (χ1v) is 13.6. The van der Waals surface area contributed by atoms with Crippen LogP contribution in [0.15, 0.2) is 61.1 Å². The van der Waals surface area contributed by atoms with Crippen LogP contribution in [0.5, 0.6) is 11.5 Å². The standard InChI is InChI=1S/C17H19FN2O.C13H15NO2.C2H6/c18-14-5-6-17-16(9-14)15(7-8-20-17)13-3-1-12(2-4-13)10-19-11-21;1-9-7-14-8-11(9)10-4-5-12(15-2)13(6-10)16-3;1-2/h5-9,11-13H,1-4,10H2,(H,19,21);4-8,14H,1-3H3;1-2H3. The van der Waals surface area contributed by atoms with Gasteiger partial charge in [-0.3, -0.25) is 9.78 Å². The molecule has 1 aliphatic rings. The third-order valence-corrected chi connectivity index (χ3v) is 7.16. The number of pyridine rings is 1. The Morgan fingerprint density at radius 1 is 1.00 bits per heavy atom. The molecule has 6 nitrogen and oxygen atoms in total. The van der Waals surface area contributed by atoms with Crippen molar-refractivity contribution in [2.75, 3.05) is 20.8 Å². The van der Waals surface area contributed by atoms with Crippen LogP contribution in [0.3, 0.4) is 0 Å². The van der Waals surface area contributed by atoms with Gasteiger partial charge in [-0.05, 0) is 97.5 Å². The van der Waals surface area contributed by atoms with Gasteiger partial charge >= 0.3 is 0 Å². The van der Waals surface area contributed by atoms with Crippen molar-refractivity contribution < 1.29 is 18.7 Å². The number of hydrogen-bond acceptors (Lipinski definition) is 4. The maximum absolute atomic E-state index is 13.5. The van der Waals surface area contributed by atoms with Gasteiger partial charge in [0.25, 0.3) is 0 Å². The molecule has 39 heavy (non-hydrogen) atoms. The van der Waals surface area contributed by atoms with Crippen LogP contribution in [0.4, 0.5) is 4.39 Å². The maximum Gasteiger partial charge on any atom is 0.207 e. The van der Waals surface area contributed by atoms with Gasteiger partial charge in [0, 0.05) is 36.1 Å². The number of fused-ring (bicyclic) bond motifs is 1. The third kappa shape index (κ3) is 7.59. The van der Waals surface area contributed by atoms with E-state index >= 15 is 0 Å². The molecular weight excluding hydrogens is 493 g/mol. The fraction of sp³-hybridized carbons (Fsp3) is 0.375. The van der Waals surface area contributed by atoms with Gasteiger partial charge in [0.05, 0.1) is 19.7 Å². The third-order valence-electron chi connectivity index (χ3n) is 7.16. The second kappa shape index (κ2) is 14.9. The van der Waals surface area contributed by atoms with Crippen LogP contribution in [0.2, 0.25) is 0 Å². The highest BCUT2D eigenvalue weighted by molar-refractivity contribution is 5.82. The number of nitrogens with zero attached hydrogens (tertiary/aromatic N) is 1. The number of aromatic amines is 1. The number of benzene rings is 2. The fourth-order valence-electron chi connectivity index (χ4n) is 5.14. The highest BCUT2D eigenvalue weighted by Crippen LogP contribution is 2.38. The zero-order valence-electron chi connectivity index (χ0n) is 23.6. The zero-order chi connectivity index (χ0) is 28.2. The summed E-state index contributed by atoms with van der Waals surface area (Å²) in [6.07, 6.45) is 10.9. The zero-order valence-corrected chi connectivity index (χ0v) is 23.6. The number of halogens is 1. The predicted octanol–water partition coefficient (Wildman–Crippen LogP) is 7.43. The Balaban J connectivity index is 0.000000210. The van der Waals surface area contributed by atoms with Crippen molar-refractivity contribution in [2.45, 2.75) is 52.4 Å². The minimum absolute atomic E-state index is 0.208. The molecular formula is C32H40FN3O3. The van der Waals surface area contributed by atoms with E-state index in [1.54, 1.807) is 26.4 Å². The highest BCUT2D eigenvalue weighted by atomic mass is 19.1. The van der Waals surface area contributed by atoms with Crippen molar-refractivity contribution in [1.82, 2.24) is 15.3 Å². The summed E-state index contributed by atoms with van der Waals surface area (Å²) in [5.41, 5.74) is 5.59. The van der Waals surface area contributed by atoms with E-state index in [1.807, 2.05) is 56.7 Å². The number of carbonyl (C=O) groups excluding carboxylic acids is 1. The van der Waals surface area contributed by atoms with Crippen molar-refractivity contribution in [3.05, 3.63) is 78.0 Å². The molecule has 0 radical (unpaired) electrons. The number of hydrogen-bond donors (Lipinski definition) is 2. The summed E-state index contributed by atoms with van der Waals surface area (Å²) in [5.74, 6) is 2.32. The van der Waals surface area contributed by atoms with Crippen LogP contribution < -0.4 is 14.8 Å². The molecule has 1 saturated carbocycles. The van der Waals surface area contributed by atoms with E-state index in [-0.39, 0.29) is 5.82 Å². The molecule has 0 saturated heterocycles. The first-order valence-electron chi connectivity index (χ1n) is 13.6. The van der Waals surface area contributed by atoms with E-state index < -0.39 is 0 Å². The number of methoxy groups -OCH3 is 2. The van der Waals surface area contributed by atoms with Crippen LogP contribution in [0.1, 0.15) is 56.6 Å². The molecule has 4 aromatic rings. The van der Waals surface area contributed by atoms with Gasteiger partial charge in [0.1, 0.15) is 5.82 Å².